The van der Waals surface area contributed by atoms with Crippen LogP contribution in [0.25, 0.3) is 0 Å². The first-order chi connectivity index (χ1) is 21.7. The Morgan fingerprint density at radius 1 is 0.386 bits per heavy atom. The Morgan fingerprint density at radius 2 is 0.682 bits per heavy atom. The van der Waals surface area contributed by atoms with E-state index >= 15 is 0 Å². The van der Waals surface area contributed by atoms with Gasteiger partial charge in [-0.05, 0) is 0 Å². The van der Waals surface area contributed by atoms with Crippen molar-refractivity contribution in [3.8, 4) is 0 Å². The molecule has 1 aliphatic rings. The van der Waals surface area contributed by atoms with Crippen LogP contribution >= 0.6 is 51.6 Å². The minimum atomic E-state index is -3.25. The standard InChI is InChI=1S/C38H30BrP5/c39-44(34-25-13-4-14-26-34,35-27-15-5-16-28-35,36-29-17-6-18-30-36)38-40-37(41-42-38)43(31-19-7-1-8-20-31,32-21-9-2-10-22-32)33-23-11-3-12-24-33/h1-30H. The van der Waals surface area contributed by atoms with Gasteiger partial charge in [0.2, 0.25) is 0 Å². The average molecular weight is 721 g/mol. The molecule has 1 aliphatic heterocycles. The van der Waals surface area contributed by atoms with Gasteiger partial charge in [0.05, 0.1) is 0 Å². The van der Waals surface area contributed by atoms with Crippen LogP contribution in [0.2, 0.25) is 0 Å². The van der Waals surface area contributed by atoms with E-state index in [0.29, 0.717) is 0 Å². The van der Waals surface area contributed by atoms with Gasteiger partial charge in [-0.1, -0.05) is 0 Å². The Hall–Kier alpha value is -2.70. The zero-order valence-electron chi connectivity index (χ0n) is 23.9. The van der Waals surface area contributed by atoms with Gasteiger partial charge in [0.25, 0.3) is 0 Å². The van der Waals surface area contributed by atoms with Crippen molar-refractivity contribution >= 4 is 93.0 Å². The van der Waals surface area contributed by atoms with Crippen LogP contribution in [0.4, 0.5) is 0 Å². The first-order valence-corrected chi connectivity index (χ1v) is 23.9. The molecule has 214 valence electrons. The molecule has 0 N–H and O–H groups in total. The average Bonchev–Trinajstić information content (AvgIpc) is 3.63. The minimum absolute atomic E-state index is 1.32. The molecule has 0 atom stereocenters. The maximum absolute atomic E-state index is 4.78. The van der Waals surface area contributed by atoms with Crippen LogP contribution in [0.1, 0.15) is 0 Å². The molecule has 6 aromatic rings. The van der Waals surface area contributed by atoms with Crippen LogP contribution in [0, 0.1) is 0 Å². The number of hydrogen-bond donors (Lipinski definition) is 0. The van der Waals surface area contributed by atoms with E-state index in [1.165, 1.54) is 55.8 Å². The molecule has 0 aromatic heterocycles. The SMILES string of the molecule is BrP(C1=PC(=P(c2ccccc2)(c2ccccc2)c2ccccc2)P=P1)(c1ccccc1)(c1ccccc1)c1ccccc1. The topological polar surface area (TPSA) is 0 Å². The van der Waals surface area contributed by atoms with Gasteiger partial charge in [0, 0.05) is 0 Å². The van der Waals surface area contributed by atoms with E-state index in [2.05, 4.69) is 182 Å². The van der Waals surface area contributed by atoms with E-state index in [4.69, 9.17) is 15.5 Å². The van der Waals surface area contributed by atoms with Crippen LogP contribution in [-0.2, 0) is 0 Å². The first kappa shape index (κ1) is 30.0. The zero-order chi connectivity index (χ0) is 29.9. The summed E-state index contributed by atoms with van der Waals surface area (Å²) in [7, 11) is 4.04. The van der Waals surface area contributed by atoms with Crippen molar-refractivity contribution in [3.63, 3.8) is 0 Å². The van der Waals surface area contributed by atoms with E-state index in [1.807, 2.05) is 0 Å². The molecule has 0 fully saturated rings. The van der Waals surface area contributed by atoms with Crippen molar-refractivity contribution in [2.45, 2.75) is 0 Å². The molecule has 6 heteroatoms. The number of rotatable bonds is 7. The first-order valence-electron chi connectivity index (χ1n) is 14.5. The summed E-state index contributed by atoms with van der Waals surface area (Å²) in [6.07, 6.45) is 0. The van der Waals surface area contributed by atoms with Gasteiger partial charge < -0.3 is 0 Å². The normalized spacial score (nSPS) is 15.2. The number of benzene rings is 6. The quantitative estimate of drug-likeness (QED) is 0.144. The van der Waals surface area contributed by atoms with Crippen LogP contribution in [0.15, 0.2) is 182 Å². The Labute approximate surface area is 273 Å². The summed E-state index contributed by atoms with van der Waals surface area (Å²) < 4.78 is 3.14. The summed E-state index contributed by atoms with van der Waals surface area (Å²) in [5, 5.41) is 5.05. The summed E-state index contributed by atoms with van der Waals surface area (Å²) in [5.74, 6) is 0. The van der Waals surface area contributed by atoms with E-state index in [-0.39, 0.29) is 0 Å². The Bertz CT molecular complexity index is 1810. The second-order valence-corrected chi connectivity index (χ2v) is 27.9. The van der Waals surface area contributed by atoms with Crippen LogP contribution in [0.5, 0.6) is 0 Å². The van der Waals surface area contributed by atoms with E-state index in [9.17, 15) is 0 Å². The molecule has 0 saturated heterocycles. The molecular weight excluding hydrogens is 691 g/mol. The zero-order valence-corrected chi connectivity index (χ0v) is 30.0. The second kappa shape index (κ2) is 12.6. The predicted molar refractivity (Wildman–Crippen MR) is 210 cm³/mol. The summed E-state index contributed by atoms with van der Waals surface area (Å²) >= 11 is 4.78. The molecule has 0 spiro atoms. The Kier molecular flexibility index (Phi) is 8.58. The third-order valence-corrected chi connectivity index (χ3v) is 33.9. The molecule has 0 saturated carbocycles. The third-order valence-electron chi connectivity index (χ3n) is 8.26. The van der Waals surface area contributed by atoms with Crippen molar-refractivity contribution < 1.29 is 0 Å². The molecule has 0 bridgehead atoms. The van der Waals surface area contributed by atoms with Crippen molar-refractivity contribution in [2.24, 2.45) is 0 Å². The predicted octanol–water partition coefficient (Wildman–Crippen LogP) is 9.76. The van der Waals surface area contributed by atoms with Crippen molar-refractivity contribution in [3.05, 3.63) is 182 Å². The van der Waals surface area contributed by atoms with E-state index in [0.717, 1.165) is 0 Å². The monoisotopic (exact) mass is 720 g/mol. The summed E-state index contributed by atoms with van der Waals surface area (Å²) in [6.45, 7) is -2.15. The van der Waals surface area contributed by atoms with E-state index in [1.54, 1.807) is 9.55 Å². The fourth-order valence-corrected chi connectivity index (χ4v) is 33.4. The van der Waals surface area contributed by atoms with E-state index < -0.39 is 12.2 Å². The Morgan fingerprint density at radius 3 is 1.00 bits per heavy atom. The summed E-state index contributed by atoms with van der Waals surface area (Å²) in [4.78, 5) is 0. The molecule has 44 heavy (non-hydrogen) atoms. The van der Waals surface area contributed by atoms with Gasteiger partial charge in [-0.15, -0.1) is 0 Å². The fraction of sp³-hybridized carbons (Fsp3) is 0. The van der Waals surface area contributed by atoms with Crippen molar-refractivity contribution in [1.29, 1.82) is 0 Å². The van der Waals surface area contributed by atoms with Crippen molar-refractivity contribution in [1.82, 2.24) is 0 Å². The van der Waals surface area contributed by atoms with Gasteiger partial charge >= 0.3 is 275 Å². The molecule has 0 nitrogen and oxygen atoms in total. The third kappa shape index (κ3) is 4.74. The summed E-state index contributed by atoms with van der Waals surface area (Å²) in [5.41, 5.74) is 0. The van der Waals surface area contributed by atoms with Crippen LogP contribution < -0.4 is 31.8 Å². The molecule has 0 aliphatic carbocycles. The summed E-state index contributed by atoms with van der Waals surface area (Å²) in [6, 6.07) is 67.5. The second-order valence-electron chi connectivity index (χ2n) is 10.6. The van der Waals surface area contributed by atoms with Gasteiger partial charge in [-0.2, -0.15) is 0 Å². The molecule has 6 aromatic carbocycles. The van der Waals surface area contributed by atoms with Crippen LogP contribution in [-0.4, -0.2) is 9.55 Å². The molecule has 7 rings (SSSR count). The molecule has 1 heterocycles. The van der Waals surface area contributed by atoms with Crippen molar-refractivity contribution in [2.75, 3.05) is 0 Å². The maximum atomic E-state index is 4.78. The van der Waals surface area contributed by atoms with Gasteiger partial charge in [0.1, 0.15) is 0 Å². The van der Waals surface area contributed by atoms with Gasteiger partial charge in [0.15, 0.2) is 0 Å². The molecular formula is C38H30BrP5. The van der Waals surface area contributed by atoms with Crippen LogP contribution in [0.3, 0.4) is 0 Å². The fourth-order valence-electron chi connectivity index (χ4n) is 6.21. The van der Waals surface area contributed by atoms with Gasteiger partial charge in [-0.3, -0.25) is 0 Å². The molecule has 0 amide bonds. The molecule has 0 unspecified atom stereocenters. The number of halogens is 1. The van der Waals surface area contributed by atoms with Gasteiger partial charge in [-0.25, -0.2) is 0 Å². The number of hydrogen-bond acceptors (Lipinski definition) is 0. The molecule has 0 radical (unpaired) electrons. The Balaban J connectivity index is 1.67.